The summed E-state index contributed by atoms with van der Waals surface area (Å²) >= 11 is 0. The van der Waals surface area contributed by atoms with Crippen LogP contribution in [0, 0.1) is 5.82 Å². The molecule has 2 N–H and O–H groups in total. The molecule has 7 nitrogen and oxygen atoms in total. The van der Waals surface area contributed by atoms with Crippen molar-refractivity contribution in [2.24, 2.45) is 0 Å². The van der Waals surface area contributed by atoms with Gasteiger partial charge in [0.1, 0.15) is 5.82 Å². The maximum atomic E-state index is 14.9. The second-order valence-corrected chi connectivity index (χ2v) is 8.52. The molecule has 0 bridgehead atoms. The fraction of sp³-hybridized carbons (Fsp3) is 0.591. The standard InChI is InChI=1S/C22H28FN3O4/c23-17-12-16-19(13-18(17)24-14-6-2-1-3-7-14)26(15-8-4-5-9-15)22(30)25(21(16)29)11-10-20(27)28/h12-15,24H,1-11H2,(H,27,28). The Morgan fingerprint density at radius 3 is 2.40 bits per heavy atom. The first-order valence-corrected chi connectivity index (χ1v) is 10.9. The van der Waals surface area contributed by atoms with Gasteiger partial charge in [0.05, 0.1) is 23.0 Å². The Morgan fingerprint density at radius 2 is 1.73 bits per heavy atom. The number of aromatic nitrogens is 2. The van der Waals surface area contributed by atoms with Gasteiger partial charge in [0.25, 0.3) is 5.56 Å². The number of fused-ring (bicyclic) bond motifs is 1. The first-order valence-electron chi connectivity index (χ1n) is 10.9. The molecule has 0 aliphatic heterocycles. The van der Waals surface area contributed by atoms with Crippen molar-refractivity contribution in [1.29, 1.82) is 0 Å². The van der Waals surface area contributed by atoms with E-state index >= 15 is 0 Å². The summed E-state index contributed by atoms with van der Waals surface area (Å²) in [5, 5.41) is 12.4. The molecule has 8 heteroatoms. The summed E-state index contributed by atoms with van der Waals surface area (Å²) in [6.45, 7) is -0.223. The maximum Gasteiger partial charge on any atom is 0.331 e. The first kappa shape index (κ1) is 20.6. The lowest BCUT2D eigenvalue weighted by molar-refractivity contribution is -0.137. The molecule has 2 saturated carbocycles. The highest BCUT2D eigenvalue weighted by Gasteiger charge is 2.25. The number of carboxylic acids is 1. The van der Waals surface area contributed by atoms with E-state index in [1.54, 1.807) is 10.6 Å². The number of anilines is 1. The van der Waals surface area contributed by atoms with E-state index in [9.17, 15) is 18.8 Å². The predicted molar refractivity (Wildman–Crippen MR) is 113 cm³/mol. The number of nitrogens with zero attached hydrogens (tertiary/aromatic N) is 2. The van der Waals surface area contributed by atoms with Crippen molar-refractivity contribution in [2.75, 3.05) is 5.32 Å². The molecule has 2 aromatic rings. The van der Waals surface area contributed by atoms with Gasteiger partial charge in [-0.1, -0.05) is 32.1 Å². The topological polar surface area (TPSA) is 93.3 Å². The van der Waals surface area contributed by atoms with Crippen LogP contribution in [-0.2, 0) is 11.3 Å². The van der Waals surface area contributed by atoms with Crippen LogP contribution in [0.1, 0.15) is 70.3 Å². The van der Waals surface area contributed by atoms with E-state index in [0.717, 1.165) is 55.9 Å². The van der Waals surface area contributed by atoms with Gasteiger partial charge in [-0.25, -0.2) is 9.18 Å². The Kier molecular flexibility index (Phi) is 5.92. The Hall–Kier alpha value is -2.64. The highest BCUT2D eigenvalue weighted by Crippen LogP contribution is 2.32. The lowest BCUT2D eigenvalue weighted by atomic mass is 9.95. The van der Waals surface area contributed by atoms with E-state index in [1.165, 1.54) is 12.5 Å². The number of carbonyl (C=O) groups is 1. The summed E-state index contributed by atoms with van der Waals surface area (Å²) < 4.78 is 17.5. The van der Waals surface area contributed by atoms with Crippen molar-refractivity contribution >= 4 is 22.6 Å². The van der Waals surface area contributed by atoms with Crippen LogP contribution in [0.5, 0.6) is 0 Å². The van der Waals surface area contributed by atoms with Gasteiger partial charge in [-0.3, -0.25) is 18.7 Å². The summed E-state index contributed by atoms with van der Waals surface area (Å²) in [7, 11) is 0. The lowest BCUT2D eigenvalue weighted by Crippen LogP contribution is -2.41. The highest BCUT2D eigenvalue weighted by molar-refractivity contribution is 5.82. The molecule has 4 rings (SSSR count). The fourth-order valence-electron chi connectivity index (χ4n) is 4.90. The molecular weight excluding hydrogens is 389 g/mol. The van der Waals surface area contributed by atoms with E-state index in [2.05, 4.69) is 5.32 Å². The number of halogens is 1. The van der Waals surface area contributed by atoms with Crippen molar-refractivity contribution in [3.8, 4) is 0 Å². The number of aliphatic carboxylic acids is 1. The lowest BCUT2D eigenvalue weighted by Gasteiger charge is -2.25. The minimum absolute atomic E-state index is 0.0651. The van der Waals surface area contributed by atoms with Gasteiger partial charge >= 0.3 is 11.7 Å². The summed E-state index contributed by atoms with van der Waals surface area (Å²) in [6.07, 6.45) is 8.62. The van der Waals surface area contributed by atoms with Crippen molar-refractivity contribution < 1.29 is 14.3 Å². The summed E-state index contributed by atoms with van der Waals surface area (Å²) in [4.78, 5) is 37.2. The third kappa shape index (κ3) is 4.00. The van der Waals surface area contributed by atoms with Crippen LogP contribution < -0.4 is 16.6 Å². The van der Waals surface area contributed by atoms with Gasteiger partial charge in [-0.2, -0.15) is 0 Å². The van der Waals surface area contributed by atoms with Crippen LogP contribution in [0.2, 0.25) is 0 Å². The number of hydrogen-bond donors (Lipinski definition) is 2. The first-order chi connectivity index (χ1) is 14.5. The number of rotatable bonds is 6. The van der Waals surface area contributed by atoms with Crippen LogP contribution >= 0.6 is 0 Å². The minimum atomic E-state index is -1.09. The second kappa shape index (κ2) is 8.62. The highest BCUT2D eigenvalue weighted by atomic mass is 19.1. The molecule has 2 fully saturated rings. The molecule has 30 heavy (non-hydrogen) atoms. The molecule has 1 heterocycles. The smallest absolute Gasteiger partial charge is 0.331 e. The zero-order valence-corrected chi connectivity index (χ0v) is 17.0. The predicted octanol–water partition coefficient (Wildman–Crippen LogP) is 3.64. The normalized spacial score (nSPS) is 18.2. The van der Waals surface area contributed by atoms with E-state index in [0.29, 0.717) is 11.2 Å². The molecule has 2 aliphatic carbocycles. The molecule has 0 atom stereocenters. The van der Waals surface area contributed by atoms with Crippen LogP contribution in [-0.4, -0.2) is 26.3 Å². The molecule has 0 unspecified atom stereocenters. The van der Waals surface area contributed by atoms with Crippen LogP contribution in [0.25, 0.3) is 10.9 Å². The van der Waals surface area contributed by atoms with Gasteiger partial charge in [-0.05, 0) is 37.8 Å². The SMILES string of the molecule is O=C(O)CCn1c(=O)c2cc(F)c(NC3CCCCC3)cc2n(C2CCCC2)c1=O. The molecule has 2 aliphatic rings. The molecular formula is C22H28FN3O4. The van der Waals surface area contributed by atoms with Gasteiger partial charge < -0.3 is 10.4 Å². The molecule has 1 aromatic heterocycles. The summed E-state index contributed by atoms with van der Waals surface area (Å²) in [5.74, 6) is -1.61. The zero-order valence-electron chi connectivity index (χ0n) is 17.0. The third-order valence-corrected chi connectivity index (χ3v) is 6.46. The molecule has 0 radical (unpaired) electrons. The Balaban J connectivity index is 1.85. The van der Waals surface area contributed by atoms with E-state index in [-0.39, 0.29) is 30.4 Å². The Bertz CT molecular complexity index is 1060. The van der Waals surface area contributed by atoms with Crippen LogP contribution in [0.15, 0.2) is 21.7 Å². The minimum Gasteiger partial charge on any atom is -0.481 e. The van der Waals surface area contributed by atoms with E-state index in [1.807, 2.05) is 0 Å². The monoisotopic (exact) mass is 417 g/mol. The average molecular weight is 417 g/mol. The quantitative estimate of drug-likeness (QED) is 0.749. The third-order valence-electron chi connectivity index (χ3n) is 6.46. The number of carboxylic acid groups (broad SMARTS) is 1. The molecule has 0 spiro atoms. The second-order valence-electron chi connectivity index (χ2n) is 8.52. The van der Waals surface area contributed by atoms with Gasteiger partial charge in [0.2, 0.25) is 0 Å². The van der Waals surface area contributed by atoms with E-state index in [4.69, 9.17) is 5.11 Å². The summed E-state index contributed by atoms with van der Waals surface area (Å²) in [6, 6.07) is 2.92. The molecule has 1 aromatic carbocycles. The van der Waals surface area contributed by atoms with Crippen molar-refractivity contribution in [2.45, 2.75) is 82.8 Å². The maximum absolute atomic E-state index is 14.9. The van der Waals surface area contributed by atoms with Gasteiger partial charge in [-0.15, -0.1) is 0 Å². The average Bonchev–Trinajstić information content (AvgIpc) is 3.24. The van der Waals surface area contributed by atoms with E-state index < -0.39 is 23.0 Å². The number of nitrogens with one attached hydrogen (secondary N) is 1. The van der Waals surface area contributed by atoms with Crippen molar-refractivity contribution in [3.05, 3.63) is 38.8 Å². The molecule has 0 amide bonds. The molecule has 162 valence electrons. The fourth-order valence-corrected chi connectivity index (χ4v) is 4.90. The molecule has 0 saturated heterocycles. The summed E-state index contributed by atoms with van der Waals surface area (Å²) in [5.41, 5.74) is -0.379. The zero-order chi connectivity index (χ0) is 21.3. The number of hydrogen-bond acceptors (Lipinski definition) is 4. The Labute approximate surface area is 173 Å². The van der Waals surface area contributed by atoms with Crippen LogP contribution in [0.4, 0.5) is 10.1 Å². The Morgan fingerprint density at radius 1 is 1.07 bits per heavy atom. The largest absolute Gasteiger partial charge is 0.481 e. The van der Waals surface area contributed by atoms with Crippen molar-refractivity contribution in [1.82, 2.24) is 9.13 Å². The van der Waals surface area contributed by atoms with Gasteiger partial charge in [0.15, 0.2) is 0 Å². The van der Waals surface area contributed by atoms with Crippen LogP contribution in [0.3, 0.4) is 0 Å². The number of benzene rings is 1. The van der Waals surface area contributed by atoms with Crippen molar-refractivity contribution in [3.63, 3.8) is 0 Å². The van der Waals surface area contributed by atoms with Gasteiger partial charge in [0, 0.05) is 18.6 Å².